The van der Waals surface area contributed by atoms with Gasteiger partial charge in [-0.1, -0.05) is 73.0 Å². The highest BCUT2D eigenvalue weighted by molar-refractivity contribution is 5.88. The zero-order valence-corrected chi connectivity index (χ0v) is 18.4. The number of hydrogen-bond acceptors (Lipinski definition) is 3. The predicted molar refractivity (Wildman–Crippen MR) is 114 cm³/mol. The summed E-state index contributed by atoms with van der Waals surface area (Å²) >= 11 is 0. The summed E-state index contributed by atoms with van der Waals surface area (Å²) in [5, 5.41) is 7.60. The Hall–Kier alpha value is -1.58. The summed E-state index contributed by atoms with van der Waals surface area (Å²) in [6.45, 7) is 17.0. The maximum absolute atomic E-state index is 12.4. The van der Waals surface area contributed by atoms with E-state index in [2.05, 4.69) is 40.9 Å². The van der Waals surface area contributed by atoms with E-state index in [0.29, 0.717) is 17.9 Å². The Morgan fingerprint density at radius 3 is 2.18 bits per heavy atom. The Balaban J connectivity index is 0.000000696. The molecule has 1 unspecified atom stereocenters. The van der Waals surface area contributed by atoms with Gasteiger partial charge in [0.15, 0.2) is 0 Å². The largest absolute Gasteiger partial charge is 0.478 e. The highest BCUT2D eigenvalue weighted by Gasteiger charge is 2.62. The molecule has 0 saturated heterocycles. The van der Waals surface area contributed by atoms with E-state index in [9.17, 15) is 9.59 Å². The number of carboxylic acids is 1. The smallest absolute Gasteiger partial charge is 0.333 e. The third-order valence-electron chi connectivity index (χ3n) is 7.38. The van der Waals surface area contributed by atoms with Crippen molar-refractivity contribution >= 4 is 11.9 Å². The normalized spacial score (nSPS) is 26.9. The second-order valence-electron chi connectivity index (χ2n) is 9.13. The molecule has 28 heavy (non-hydrogen) atoms. The number of carbonyl (C=O) groups excluding carboxylic acids is 1. The number of aliphatic carboxylic acids is 1. The van der Waals surface area contributed by atoms with Gasteiger partial charge in [0.05, 0.1) is 6.61 Å². The van der Waals surface area contributed by atoms with Crippen LogP contribution in [0.15, 0.2) is 24.8 Å². The van der Waals surface area contributed by atoms with Crippen molar-refractivity contribution in [2.75, 3.05) is 6.61 Å². The standard InChI is InChI=1S/C21H36O2.C3H4O2/c1-6-7-8-9-10-11-14-23-19(22)16(2)18-15-17-12-13-21(18,5)20(17,3)4;1-2-3(4)5/h17-18H,2,6-15H2,1,3-5H3;2H,1H2,(H,4,5)/t17-,18?,21-;/m1./s1. The van der Waals surface area contributed by atoms with Crippen molar-refractivity contribution in [1.82, 2.24) is 0 Å². The molecule has 2 fully saturated rings. The zero-order chi connectivity index (χ0) is 21.4. The monoisotopic (exact) mass is 392 g/mol. The minimum atomic E-state index is -0.981. The topological polar surface area (TPSA) is 63.6 Å². The fourth-order valence-corrected chi connectivity index (χ4v) is 5.01. The second kappa shape index (κ2) is 10.8. The van der Waals surface area contributed by atoms with Crippen molar-refractivity contribution in [2.24, 2.45) is 22.7 Å². The first-order valence-electron chi connectivity index (χ1n) is 10.8. The summed E-state index contributed by atoms with van der Waals surface area (Å²) in [6, 6.07) is 0. The SMILES string of the molecule is C=C(C(=O)OCCCCCCCC)C1C[C@H]2CC[C@@]1(C)C2(C)C.C=CC(=O)O. The quantitative estimate of drug-likeness (QED) is 0.274. The summed E-state index contributed by atoms with van der Waals surface area (Å²) in [7, 11) is 0. The molecule has 0 aromatic rings. The molecule has 2 aliphatic rings. The second-order valence-corrected chi connectivity index (χ2v) is 9.13. The Morgan fingerprint density at radius 2 is 1.71 bits per heavy atom. The first-order chi connectivity index (χ1) is 13.1. The lowest BCUT2D eigenvalue weighted by Crippen LogP contribution is -2.34. The van der Waals surface area contributed by atoms with Gasteiger partial charge in [0.25, 0.3) is 0 Å². The first-order valence-corrected chi connectivity index (χ1v) is 10.8. The number of hydrogen-bond donors (Lipinski definition) is 1. The van der Waals surface area contributed by atoms with Crippen LogP contribution in [0, 0.1) is 22.7 Å². The van der Waals surface area contributed by atoms with Gasteiger partial charge in [-0.25, -0.2) is 9.59 Å². The molecule has 0 aliphatic heterocycles. The van der Waals surface area contributed by atoms with E-state index in [1.165, 1.54) is 38.5 Å². The third kappa shape index (κ3) is 5.71. The molecule has 2 aliphatic carbocycles. The van der Waals surface area contributed by atoms with E-state index in [-0.39, 0.29) is 11.4 Å². The molecule has 0 radical (unpaired) electrons. The summed E-state index contributed by atoms with van der Waals surface area (Å²) in [5.74, 6) is -0.0768. The average Bonchev–Trinajstić information content (AvgIpc) is 3.00. The molecule has 160 valence electrons. The van der Waals surface area contributed by atoms with Crippen LogP contribution in [0.2, 0.25) is 0 Å². The summed E-state index contributed by atoms with van der Waals surface area (Å²) < 4.78 is 5.51. The van der Waals surface area contributed by atoms with E-state index in [4.69, 9.17) is 9.84 Å². The van der Waals surface area contributed by atoms with Gasteiger partial charge in [0, 0.05) is 11.6 Å². The van der Waals surface area contributed by atoms with Crippen molar-refractivity contribution in [2.45, 2.75) is 85.5 Å². The number of carbonyl (C=O) groups is 2. The fourth-order valence-electron chi connectivity index (χ4n) is 5.01. The molecule has 2 bridgehead atoms. The molecule has 3 atom stereocenters. The van der Waals surface area contributed by atoms with Gasteiger partial charge < -0.3 is 9.84 Å². The summed E-state index contributed by atoms with van der Waals surface area (Å²) in [5.41, 5.74) is 1.27. The lowest BCUT2D eigenvalue weighted by molar-refractivity contribution is -0.140. The number of unbranched alkanes of at least 4 members (excludes halogenated alkanes) is 5. The molecule has 0 amide bonds. The number of rotatable bonds is 10. The zero-order valence-electron chi connectivity index (χ0n) is 18.4. The molecule has 2 saturated carbocycles. The van der Waals surface area contributed by atoms with E-state index in [1.54, 1.807) is 0 Å². The van der Waals surface area contributed by atoms with Crippen LogP contribution in [0.4, 0.5) is 0 Å². The summed E-state index contributed by atoms with van der Waals surface area (Å²) in [6.07, 6.45) is 11.8. The van der Waals surface area contributed by atoms with Crippen molar-refractivity contribution in [3.05, 3.63) is 24.8 Å². The van der Waals surface area contributed by atoms with E-state index >= 15 is 0 Å². The van der Waals surface area contributed by atoms with Crippen LogP contribution in [0.5, 0.6) is 0 Å². The van der Waals surface area contributed by atoms with Crippen molar-refractivity contribution in [1.29, 1.82) is 0 Å². The number of esters is 1. The van der Waals surface area contributed by atoms with Crippen LogP contribution in [-0.2, 0) is 14.3 Å². The van der Waals surface area contributed by atoms with E-state index in [0.717, 1.165) is 36.8 Å². The highest BCUT2D eigenvalue weighted by Crippen LogP contribution is 2.69. The van der Waals surface area contributed by atoms with Gasteiger partial charge in [-0.05, 0) is 48.3 Å². The minimum absolute atomic E-state index is 0.145. The molecule has 1 N–H and O–H groups in total. The van der Waals surface area contributed by atoms with Gasteiger partial charge in [-0.15, -0.1) is 0 Å². The maximum Gasteiger partial charge on any atom is 0.333 e. The van der Waals surface area contributed by atoms with Gasteiger partial charge >= 0.3 is 11.9 Å². The molecule has 4 heteroatoms. The number of carboxylic acid groups (broad SMARTS) is 1. The van der Waals surface area contributed by atoms with Crippen LogP contribution in [0.3, 0.4) is 0 Å². The van der Waals surface area contributed by atoms with Gasteiger partial charge in [-0.2, -0.15) is 0 Å². The molecule has 0 aromatic carbocycles. The number of fused-ring (bicyclic) bond motifs is 2. The van der Waals surface area contributed by atoms with Crippen molar-refractivity contribution in [3.63, 3.8) is 0 Å². The van der Waals surface area contributed by atoms with Crippen LogP contribution in [0.25, 0.3) is 0 Å². The third-order valence-corrected chi connectivity index (χ3v) is 7.38. The van der Waals surface area contributed by atoms with Crippen LogP contribution in [0.1, 0.15) is 85.5 Å². The van der Waals surface area contributed by atoms with Crippen LogP contribution < -0.4 is 0 Å². The lowest BCUT2D eigenvalue weighted by Gasteiger charge is -2.39. The Kier molecular flexibility index (Phi) is 9.46. The van der Waals surface area contributed by atoms with Crippen molar-refractivity contribution in [3.8, 4) is 0 Å². The first kappa shape index (κ1) is 24.5. The van der Waals surface area contributed by atoms with E-state index in [1.807, 2.05) is 0 Å². The lowest BCUT2D eigenvalue weighted by atomic mass is 9.65. The molecule has 4 nitrogen and oxygen atoms in total. The number of ether oxygens (including phenoxy) is 1. The summed E-state index contributed by atoms with van der Waals surface area (Å²) in [4.78, 5) is 21.6. The maximum atomic E-state index is 12.4. The van der Waals surface area contributed by atoms with Gasteiger partial charge in [0.1, 0.15) is 0 Å². The van der Waals surface area contributed by atoms with Gasteiger partial charge in [0.2, 0.25) is 0 Å². The fraction of sp³-hybridized carbons (Fsp3) is 0.750. The highest BCUT2D eigenvalue weighted by atomic mass is 16.5. The van der Waals surface area contributed by atoms with Crippen LogP contribution >= 0.6 is 0 Å². The molecular weight excluding hydrogens is 352 g/mol. The molecule has 0 spiro atoms. The Bertz CT molecular complexity index is 563. The molecular formula is C24H40O4. The molecule has 2 rings (SSSR count). The van der Waals surface area contributed by atoms with Crippen molar-refractivity contribution < 1.29 is 19.4 Å². The Labute approximate surface area is 171 Å². The molecule has 0 heterocycles. The van der Waals surface area contributed by atoms with E-state index < -0.39 is 5.97 Å². The van der Waals surface area contributed by atoms with Gasteiger partial charge in [-0.3, -0.25) is 0 Å². The Morgan fingerprint density at radius 1 is 1.14 bits per heavy atom. The molecule has 0 aromatic heterocycles. The average molecular weight is 393 g/mol. The predicted octanol–water partition coefficient (Wildman–Crippen LogP) is 6.17. The minimum Gasteiger partial charge on any atom is -0.478 e. The van der Waals surface area contributed by atoms with Crippen LogP contribution in [-0.4, -0.2) is 23.7 Å².